The summed E-state index contributed by atoms with van der Waals surface area (Å²) >= 11 is 5.93. The topological polar surface area (TPSA) is 9.23 Å². The van der Waals surface area contributed by atoms with Gasteiger partial charge in [0.25, 0.3) is 0 Å². The van der Waals surface area contributed by atoms with Gasteiger partial charge in [-0.05, 0) is 19.8 Å². The third-order valence-electron chi connectivity index (χ3n) is 1.66. The van der Waals surface area contributed by atoms with Gasteiger partial charge in [0.15, 0.2) is 0 Å². The third-order valence-corrected chi connectivity index (χ3v) is 2.05. The first-order valence-electron chi connectivity index (χ1n) is 3.71. The first-order valence-corrected chi connectivity index (χ1v) is 4.15. The molecule has 1 aliphatic heterocycles. The fraction of sp³-hybridized carbons (Fsp3) is 0.750. The van der Waals surface area contributed by atoms with E-state index in [9.17, 15) is 0 Å². The van der Waals surface area contributed by atoms with Gasteiger partial charge in [-0.2, -0.15) is 0 Å². The van der Waals surface area contributed by atoms with Crippen molar-refractivity contribution in [3.8, 4) is 0 Å². The standard InChI is InChI=1S/C8H13ClO/c1-2-3-8-6-7(9)4-5-10-8/h2-3,7-8H,4-6H2,1H3/b3-2+. The van der Waals surface area contributed by atoms with E-state index in [0.29, 0.717) is 5.38 Å². The van der Waals surface area contributed by atoms with Crippen LogP contribution in [0.2, 0.25) is 0 Å². The minimum Gasteiger partial charge on any atom is -0.374 e. The Morgan fingerprint density at radius 2 is 2.40 bits per heavy atom. The van der Waals surface area contributed by atoms with Crippen LogP contribution in [0, 0.1) is 0 Å². The van der Waals surface area contributed by atoms with Crippen molar-refractivity contribution >= 4 is 11.6 Å². The number of alkyl halides is 1. The predicted molar refractivity (Wildman–Crippen MR) is 43.4 cm³/mol. The monoisotopic (exact) mass is 160 g/mol. The van der Waals surface area contributed by atoms with Crippen molar-refractivity contribution in [3.05, 3.63) is 12.2 Å². The smallest absolute Gasteiger partial charge is 0.0769 e. The highest BCUT2D eigenvalue weighted by Gasteiger charge is 2.17. The van der Waals surface area contributed by atoms with E-state index in [1.807, 2.05) is 13.0 Å². The van der Waals surface area contributed by atoms with E-state index < -0.39 is 0 Å². The minimum absolute atomic E-state index is 0.265. The summed E-state index contributed by atoms with van der Waals surface area (Å²) < 4.78 is 5.42. The molecule has 1 nitrogen and oxygen atoms in total. The summed E-state index contributed by atoms with van der Waals surface area (Å²) in [6.07, 6.45) is 6.30. The Labute approximate surface area is 67.0 Å². The lowest BCUT2D eigenvalue weighted by Gasteiger charge is -2.23. The van der Waals surface area contributed by atoms with Crippen LogP contribution in [0.3, 0.4) is 0 Å². The fourth-order valence-corrected chi connectivity index (χ4v) is 1.40. The average molecular weight is 161 g/mol. The molecule has 2 atom stereocenters. The van der Waals surface area contributed by atoms with Crippen LogP contribution in [-0.2, 0) is 4.74 Å². The van der Waals surface area contributed by atoms with E-state index in [4.69, 9.17) is 16.3 Å². The van der Waals surface area contributed by atoms with E-state index in [1.165, 1.54) is 0 Å². The maximum absolute atomic E-state index is 5.93. The van der Waals surface area contributed by atoms with Gasteiger partial charge >= 0.3 is 0 Å². The summed E-state index contributed by atoms with van der Waals surface area (Å²) in [6.45, 7) is 2.81. The van der Waals surface area contributed by atoms with Crippen LogP contribution in [-0.4, -0.2) is 18.1 Å². The summed E-state index contributed by atoms with van der Waals surface area (Å²) in [6, 6.07) is 0. The van der Waals surface area contributed by atoms with Crippen LogP contribution < -0.4 is 0 Å². The Morgan fingerprint density at radius 1 is 1.60 bits per heavy atom. The molecule has 2 unspecified atom stereocenters. The van der Waals surface area contributed by atoms with Crippen LogP contribution in [0.1, 0.15) is 19.8 Å². The molecule has 58 valence electrons. The van der Waals surface area contributed by atoms with E-state index in [0.717, 1.165) is 19.4 Å². The molecule has 1 rings (SSSR count). The molecule has 0 spiro atoms. The summed E-state index contributed by atoms with van der Waals surface area (Å²) in [7, 11) is 0. The molecule has 0 radical (unpaired) electrons. The quantitative estimate of drug-likeness (QED) is 0.423. The Bertz CT molecular complexity index is 122. The Balaban J connectivity index is 2.32. The number of hydrogen-bond acceptors (Lipinski definition) is 1. The van der Waals surface area contributed by atoms with Crippen LogP contribution in [0.25, 0.3) is 0 Å². The molecule has 0 bridgehead atoms. The lowest BCUT2D eigenvalue weighted by atomic mass is 10.1. The molecular formula is C8H13ClO. The summed E-state index contributed by atoms with van der Waals surface area (Å²) in [5.74, 6) is 0. The van der Waals surface area contributed by atoms with Gasteiger partial charge in [0.05, 0.1) is 6.10 Å². The van der Waals surface area contributed by atoms with Crippen molar-refractivity contribution in [2.24, 2.45) is 0 Å². The Hall–Kier alpha value is -0.0100. The van der Waals surface area contributed by atoms with Crippen molar-refractivity contribution in [2.75, 3.05) is 6.61 Å². The van der Waals surface area contributed by atoms with Crippen molar-refractivity contribution in [1.29, 1.82) is 0 Å². The van der Waals surface area contributed by atoms with E-state index >= 15 is 0 Å². The highest BCUT2D eigenvalue weighted by molar-refractivity contribution is 6.20. The van der Waals surface area contributed by atoms with Crippen LogP contribution >= 0.6 is 11.6 Å². The second-order valence-corrected chi connectivity index (χ2v) is 3.17. The maximum atomic E-state index is 5.93. The molecule has 0 aromatic heterocycles. The molecule has 0 aliphatic carbocycles. The van der Waals surface area contributed by atoms with Crippen molar-refractivity contribution < 1.29 is 4.74 Å². The van der Waals surface area contributed by atoms with E-state index in [-0.39, 0.29) is 6.10 Å². The zero-order valence-corrected chi connectivity index (χ0v) is 6.97. The number of ether oxygens (including phenoxy) is 1. The summed E-state index contributed by atoms with van der Waals surface area (Å²) in [5.41, 5.74) is 0. The van der Waals surface area contributed by atoms with Crippen LogP contribution in [0.5, 0.6) is 0 Å². The lowest BCUT2D eigenvalue weighted by molar-refractivity contribution is 0.0485. The average Bonchev–Trinajstić information content (AvgIpc) is 1.88. The van der Waals surface area contributed by atoms with Gasteiger partial charge in [-0.15, -0.1) is 11.6 Å². The number of halogens is 1. The molecule has 1 fully saturated rings. The number of allylic oxidation sites excluding steroid dienone is 1. The zero-order valence-electron chi connectivity index (χ0n) is 6.22. The van der Waals surface area contributed by atoms with Gasteiger partial charge in [0, 0.05) is 12.0 Å². The molecule has 0 aromatic carbocycles. The Kier molecular flexibility index (Phi) is 3.23. The highest BCUT2D eigenvalue weighted by atomic mass is 35.5. The summed E-state index contributed by atoms with van der Waals surface area (Å²) in [4.78, 5) is 0. The number of hydrogen-bond donors (Lipinski definition) is 0. The van der Waals surface area contributed by atoms with E-state index in [1.54, 1.807) is 0 Å². The Morgan fingerprint density at radius 3 is 3.00 bits per heavy atom. The maximum Gasteiger partial charge on any atom is 0.0769 e. The molecule has 1 aliphatic rings. The van der Waals surface area contributed by atoms with Gasteiger partial charge < -0.3 is 4.74 Å². The van der Waals surface area contributed by atoms with Crippen molar-refractivity contribution in [1.82, 2.24) is 0 Å². The van der Waals surface area contributed by atoms with Crippen LogP contribution in [0.4, 0.5) is 0 Å². The normalized spacial score (nSPS) is 35.0. The predicted octanol–water partition coefficient (Wildman–Crippen LogP) is 2.35. The second-order valence-electron chi connectivity index (χ2n) is 2.56. The molecule has 0 N–H and O–H groups in total. The molecule has 1 heterocycles. The van der Waals surface area contributed by atoms with Crippen molar-refractivity contribution in [2.45, 2.75) is 31.2 Å². The molecular weight excluding hydrogens is 148 g/mol. The molecule has 0 amide bonds. The molecule has 1 saturated heterocycles. The van der Waals surface area contributed by atoms with Crippen molar-refractivity contribution in [3.63, 3.8) is 0 Å². The first kappa shape index (κ1) is 8.09. The lowest BCUT2D eigenvalue weighted by Crippen LogP contribution is -2.24. The van der Waals surface area contributed by atoms with Gasteiger partial charge in [0.2, 0.25) is 0 Å². The third kappa shape index (κ3) is 2.31. The largest absolute Gasteiger partial charge is 0.374 e. The van der Waals surface area contributed by atoms with Gasteiger partial charge in [0.1, 0.15) is 0 Å². The fourth-order valence-electron chi connectivity index (χ4n) is 1.13. The van der Waals surface area contributed by atoms with Crippen LogP contribution in [0.15, 0.2) is 12.2 Å². The molecule has 2 heteroatoms. The second kappa shape index (κ2) is 3.99. The van der Waals surface area contributed by atoms with Gasteiger partial charge in [-0.3, -0.25) is 0 Å². The summed E-state index contributed by atoms with van der Waals surface area (Å²) in [5, 5.41) is 0.315. The highest BCUT2D eigenvalue weighted by Crippen LogP contribution is 2.19. The minimum atomic E-state index is 0.265. The number of rotatable bonds is 1. The SMILES string of the molecule is C/C=C/C1CC(Cl)CCO1. The van der Waals surface area contributed by atoms with Gasteiger partial charge in [-0.25, -0.2) is 0 Å². The first-order chi connectivity index (χ1) is 4.83. The zero-order chi connectivity index (χ0) is 7.40. The molecule has 0 saturated carbocycles. The molecule has 0 aromatic rings. The van der Waals surface area contributed by atoms with Gasteiger partial charge in [-0.1, -0.05) is 12.2 Å². The molecule has 10 heavy (non-hydrogen) atoms. The van der Waals surface area contributed by atoms with E-state index in [2.05, 4.69) is 6.08 Å².